The first-order valence-electron chi connectivity index (χ1n) is 4.67. The van der Waals surface area contributed by atoms with Crippen molar-refractivity contribution in [2.75, 3.05) is 20.0 Å². The van der Waals surface area contributed by atoms with Crippen molar-refractivity contribution in [1.29, 1.82) is 0 Å². The van der Waals surface area contributed by atoms with Gasteiger partial charge in [-0.2, -0.15) is 0 Å². The highest BCUT2D eigenvalue weighted by molar-refractivity contribution is 7.89. The molecule has 0 aromatic heterocycles. The van der Waals surface area contributed by atoms with E-state index in [9.17, 15) is 8.42 Å². The lowest BCUT2D eigenvalue weighted by atomic mass is 10.1. The maximum absolute atomic E-state index is 10.8. The van der Waals surface area contributed by atoms with E-state index >= 15 is 0 Å². The van der Waals surface area contributed by atoms with Gasteiger partial charge < -0.3 is 9.47 Å². The van der Waals surface area contributed by atoms with E-state index in [2.05, 4.69) is 0 Å². The van der Waals surface area contributed by atoms with Crippen molar-refractivity contribution in [3.8, 4) is 11.5 Å². The van der Waals surface area contributed by atoms with Gasteiger partial charge in [-0.25, -0.2) is 13.6 Å². The fraction of sp³-hybridized carbons (Fsp3) is 0.400. The van der Waals surface area contributed by atoms with Crippen LogP contribution in [0.15, 0.2) is 18.2 Å². The van der Waals surface area contributed by atoms with Gasteiger partial charge in [0.1, 0.15) is 11.5 Å². The second-order valence-electron chi connectivity index (χ2n) is 3.34. The Kier molecular flexibility index (Phi) is 4.14. The Labute approximate surface area is 95.2 Å². The number of hydrogen-bond donors (Lipinski definition) is 1. The molecule has 0 bridgehead atoms. The molecule has 6 heteroatoms. The highest BCUT2D eigenvalue weighted by atomic mass is 32.2. The molecule has 0 radical (unpaired) electrons. The highest BCUT2D eigenvalue weighted by Crippen LogP contribution is 2.22. The molecule has 0 saturated carbocycles. The number of sulfonamides is 1. The Morgan fingerprint density at radius 1 is 1.12 bits per heavy atom. The largest absolute Gasteiger partial charge is 0.497 e. The number of ether oxygens (including phenoxy) is 2. The molecule has 0 fully saturated rings. The molecule has 0 aliphatic carbocycles. The van der Waals surface area contributed by atoms with Crippen LogP contribution in [0.4, 0.5) is 0 Å². The maximum atomic E-state index is 10.8. The fourth-order valence-corrected chi connectivity index (χ4v) is 1.79. The number of aryl methyl sites for hydroxylation is 1. The molecule has 0 amide bonds. The van der Waals surface area contributed by atoms with Gasteiger partial charge in [0.05, 0.1) is 20.0 Å². The standard InChI is InChI=1S/C10H15NO4S/c1-14-9-5-8(3-4-16(11,12)13)6-10(7-9)15-2/h5-7H,3-4H2,1-2H3,(H2,11,12,13). The van der Waals surface area contributed by atoms with Crippen LogP contribution in [0.1, 0.15) is 5.56 Å². The number of primary sulfonamides is 1. The molecule has 0 atom stereocenters. The zero-order valence-corrected chi connectivity index (χ0v) is 10.1. The Morgan fingerprint density at radius 3 is 2.00 bits per heavy atom. The first-order chi connectivity index (χ1) is 7.44. The van der Waals surface area contributed by atoms with E-state index in [0.717, 1.165) is 5.56 Å². The maximum Gasteiger partial charge on any atom is 0.209 e. The average Bonchev–Trinajstić information content (AvgIpc) is 2.25. The van der Waals surface area contributed by atoms with Crippen LogP contribution in [-0.2, 0) is 16.4 Å². The van der Waals surface area contributed by atoms with Crippen LogP contribution in [0.5, 0.6) is 11.5 Å². The van der Waals surface area contributed by atoms with Crippen molar-refractivity contribution in [2.24, 2.45) is 5.14 Å². The van der Waals surface area contributed by atoms with Crippen LogP contribution in [-0.4, -0.2) is 28.4 Å². The van der Waals surface area contributed by atoms with E-state index in [1.807, 2.05) is 0 Å². The molecule has 0 saturated heterocycles. The van der Waals surface area contributed by atoms with E-state index in [1.165, 1.54) is 14.2 Å². The third-order valence-corrected chi connectivity index (χ3v) is 2.86. The highest BCUT2D eigenvalue weighted by Gasteiger charge is 2.06. The predicted octanol–water partition coefficient (Wildman–Crippen LogP) is 0.535. The lowest BCUT2D eigenvalue weighted by molar-refractivity contribution is 0.393. The minimum absolute atomic E-state index is 0.0939. The lowest BCUT2D eigenvalue weighted by Gasteiger charge is -2.07. The van der Waals surface area contributed by atoms with E-state index < -0.39 is 10.0 Å². The van der Waals surface area contributed by atoms with Gasteiger partial charge >= 0.3 is 0 Å². The molecule has 0 aliphatic heterocycles. The molecule has 1 rings (SSSR count). The van der Waals surface area contributed by atoms with Crippen LogP contribution >= 0.6 is 0 Å². The molecule has 1 aromatic rings. The summed E-state index contributed by atoms with van der Waals surface area (Å²) in [6, 6.07) is 5.24. The smallest absolute Gasteiger partial charge is 0.209 e. The van der Waals surface area contributed by atoms with Gasteiger partial charge in [-0.1, -0.05) is 0 Å². The van der Waals surface area contributed by atoms with E-state index in [4.69, 9.17) is 14.6 Å². The van der Waals surface area contributed by atoms with Gasteiger partial charge in [0.2, 0.25) is 10.0 Å². The minimum Gasteiger partial charge on any atom is -0.497 e. The van der Waals surface area contributed by atoms with Crippen LogP contribution in [0.25, 0.3) is 0 Å². The number of rotatable bonds is 5. The predicted molar refractivity (Wildman–Crippen MR) is 61.2 cm³/mol. The van der Waals surface area contributed by atoms with Crippen molar-refractivity contribution in [3.63, 3.8) is 0 Å². The normalized spacial score (nSPS) is 11.2. The molecule has 2 N–H and O–H groups in total. The van der Waals surface area contributed by atoms with Gasteiger partial charge in [0.25, 0.3) is 0 Å². The Balaban J connectivity index is 2.87. The number of nitrogens with two attached hydrogens (primary N) is 1. The summed E-state index contributed by atoms with van der Waals surface area (Å²) in [5.41, 5.74) is 0.810. The van der Waals surface area contributed by atoms with E-state index in [-0.39, 0.29) is 5.75 Å². The fourth-order valence-electron chi connectivity index (χ4n) is 1.27. The third-order valence-electron chi connectivity index (χ3n) is 2.09. The second-order valence-corrected chi connectivity index (χ2v) is 5.07. The van der Waals surface area contributed by atoms with Crippen LogP contribution < -0.4 is 14.6 Å². The molecule has 90 valence electrons. The molecule has 16 heavy (non-hydrogen) atoms. The van der Waals surface area contributed by atoms with Gasteiger partial charge in [0.15, 0.2) is 0 Å². The van der Waals surface area contributed by atoms with Gasteiger partial charge in [-0.3, -0.25) is 0 Å². The van der Waals surface area contributed by atoms with Gasteiger partial charge in [-0.15, -0.1) is 0 Å². The summed E-state index contributed by atoms with van der Waals surface area (Å²) in [5, 5.41) is 4.93. The zero-order valence-electron chi connectivity index (χ0n) is 9.26. The van der Waals surface area contributed by atoms with Crippen molar-refractivity contribution in [3.05, 3.63) is 23.8 Å². The Morgan fingerprint density at radius 2 is 1.62 bits per heavy atom. The number of hydrogen-bond acceptors (Lipinski definition) is 4. The SMILES string of the molecule is COc1cc(CCS(N)(=O)=O)cc(OC)c1. The summed E-state index contributed by atoms with van der Waals surface area (Å²) in [4.78, 5) is 0. The summed E-state index contributed by atoms with van der Waals surface area (Å²) in [6.45, 7) is 0. The molecular formula is C10H15NO4S. The van der Waals surface area contributed by atoms with Crippen molar-refractivity contribution >= 4 is 10.0 Å². The topological polar surface area (TPSA) is 78.6 Å². The molecular weight excluding hydrogens is 230 g/mol. The third kappa shape index (κ3) is 4.08. The summed E-state index contributed by atoms with van der Waals surface area (Å²) >= 11 is 0. The van der Waals surface area contributed by atoms with Gasteiger partial charge in [0, 0.05) is 6.07 Å². The lowest BCUT2D eigenvalue weighted by Crippen LogP contribution is -2.17. The van der Waals surface area contributed by atoms with Crippen LogP contribution in [0.3, 0.4) is 0 Å². The van der Waals surface area contributed by atoms with Crippen LogP contribution in [0, 0.1) is 0 Å². The molecule has 0 spiro atoms. The van der Waals surface area contributed by atoms with Crippen molar-refractivity contribution in [2.45, 2.75) is 6.42 Å². The monoisotopic (exact) mass is 245 g/mol. The summed E-state index contributed by atoms with van der Waals surface area (Å²) in [6.07, 6.45) is 0.340. The summed E-state index contributed by atoms with van der Waals surface area (Å²) in [5.74, 6) is 1.16. The Hall–Kier alpha value is -1.27. The molecule has 5 nitrogen and oxygen atoms in total. The van der Waals surface area contributed by atoms with Crippen molar-refractivity contribution in [1.82, 2.24) is 0 Å². The zero-order chi connectivity index (χ0) is 12.2. The summed E-state index contributed by atoms with van der Waals surface area (Å²) < 4.78 is 31.8. The quantitative estimate of drug-likeness (QED) is 0.821. The molecule has 0 heterocycles. The molecule has 0 aliphatic rings. The molecule has 0 unspecified atom stereocenters. The van der Waals surface area contributed by atoms with E-state index in [0.29, 0.717) is 17.9 Å². The number of methoxy groups -OCH3 is 2. The average molecular weight is 245 g/mol. The first-order valence-corrected chi connectivity index (χ1v) is 6.38. The van der Waals surface area contributed by atoms with E-state index in [1.54, 1.807) is 18.2 Å². The molecule has 1 aromatic carbocycles. The Bertz CT molecular complexity index is 434. The summed E-state index contributed by atoms with van der Waals surface area (Å²) in [7, 11) is -0.363. The van der Waals surface area contributed by atoms with Crippen LogP contribution in [0.2, 0.25) is 0 Å². The number of benzene rings is 1. The minimum atomic E-state index is -3.44. The second kappa shape index (κ2) is 5.18. The first kappa shape index (κ1) is 12.8. The van der Waals surface area contributed by atoms with Gasteiger partial charge in [-0.05, 0) is 24.1 Å². The van der Waals surface area contributed by atoms with Crippen molar-refractivity contribution < 1.29 is 17.9 Å².